The van der Waals surface area contributed by atoms with E-state index in [1.165, 1.54) is 4.57 Å². The Labute approximate surface area is 140 Å². The highest BCUT2D eigenvalue weighted by atomic mass is 35.5. The lowest BCUT2D eigenvalue weighted by molar-refractivity contribution is 0.230. The zero-order chi connectivity index (χ0) is 16.2. The number of pyridine rings is 1. The van der Waals surface area contributed by atoms with Crippen molar-refractivity contribution in [3.63, 3.8) is 0 Å². The second kappa shape index (κ2) is 7.17. The SMILES string of the molecule is O=c1c(O)c(CN2CCNCC2)ccn1Cc1cccc(Cl)c1. The van der Waals surface area contributed by atoms with Gasteiger partial charge in [0.2, 0.25) is 0 Å². The van der Waals surface area contributed by atoms with E-state index in [-0.39, 0.29) is 11.3 Å². The van der Waals surface area contributed by atoms with Gasteiger partial charge >= 0.3 is 0 Å². The fraction of sp³-hybridized carbons (Fsp3) is 0.353. The van der Waals surface area contributed by atoms with Gasteiger partial charge in [0.25, 0.3) is 5.56 Å². The van der Waals surface area contributed by atoms with Crippen molar-refractivity contribution in [2.75, 3.05) is 26.2 Å². The highest BCUT2D eigenvalue weighted by Gasteiger charge is 2.15. The zero-order valence-corrected chi connectivity index (χ0v) is 13.6. The first-order chi connectivity index (χ1) is 11.1. The first kappa shape index (κ1) is 16.1. The van der Waals surface area contributed by atoms with Gasteiger partial charge in [-0.3, -0.25) is 9.69 Å². The Bertz CT molecular complexity index is 739. The van der Waals surface area contributed by atoms with Gasteiger partial charge in [-0.15, -0.1) is 0 Å². The molecule has 1 aromatic carbocycles. The molecule has 0 unspecified atom stereocenters. The molecule has 0 bridgehead atoms. The normalized spacial score (nSPS) is 15.7. The molecule has 1 fully saturated rings. The van der Waals surface area contributed by atoms with Crippen LogP contribution in [0.5, 0.6) is 5.75 Å². The molecule has 2 aromatic rings. The molecule has 5 nitrogen and oxygen atoms in total. The Balaban J connectivity index is 1.78. The Hall–Kier alpha value is -1.82. The van der Waals surface area contributed by atoms with E-state index in [2.05, 4.69) is 10.2 Å². The Morgan fingerprint density at radius 2 is 1.96 bits per heavy atom. The predicted octanol–water partition coefficient (Wildman–Crippen LogP) is 1.66. The maximum absolute atomic E-state index is 12.4. The van der Waals surface area contributed by atoms with Gasteiger partial charge < -0.3 is 15.0 Å². The van der Waals surface area contributed by atoms with Crippen LogP contribution in [0.1, 0.15) is 11.1 Å². The second-order valence-electron chi connectivity index (χ2n) is 5.78. The van der Waals surface area contributed by atoms with E-state index >= 15 is 0 Å². The van der Waals surface area contributed by atoms with E-state index in [1.54, 1.807) is 12.3 Å². The van der Waals surface area contributed by atoms with Crippen molar-refractivity contribution < 1.29 is 5.11 Å². The summed E-state index contributed by atoms with van der Waals surface area (Å²) in [5.41, 5.74) is 1.24. The molecule has 1 aliphatic heterocycles. The van der Waals surface area contributed by atoms with Crippen LogP contribution in [0.4, 0.5) is 0 Å². The van der Waals surface area contributed by atoms with Crippen LogP contribution in [0.25, 0.3) is 0 Å². The average Bonchev–Trinajstić information content (AvgIpc) is 2.56. The third kappa shape index (κ3) is 3.93. The molecule has 0 aliphatic carbocycles. The number of rotatable bonds is 4. The fourth-order valence-corrected chi connectivity index (χ4v) is 3.01. The number of nitrogens with zero attached hydrogens (tertiary/aromatic N) is 2. The number of hydrogen-bond acceptors (Lipinski definition) is 4. The fourth-order valence-electron chi connectivity index (χ4n) is 2.79. The topological polar surface area (TPSA) is 57.5 Å². The van der Waals surface area contributed by atoms with E-state index in [4.69, 9.17) is 11.6 Å². The summed E-state index contributed by atoms with van der Waals surface area (Å²) in [6, 6.07) is 9.19. The smallest absolute Gasteiger partial charge is 0.293 e. The molecule has 2 N–H and O–H groups in total. The minimum Gasteiger partial charge on any atom is -0.503 e. The van der Waals surface area contributed by atoms with E-state index in [0.717, 1.165) is 31.7 Å². The van der Waals surface area contributed by atoms with Gasteiger partial charge in [-0.05, 0) is 23.8 Å². The molecule has 23 heavy (non-hydrogen) atoms. The molecule has 6 heteroatoms. The number of piperazine rings is 1. The number of halogens is 1. The summed E-state index contributed by atoms with van der Waals surface area (Å²) >= 11 is 5.97. The van der Waals surface area contributed by atoms with Gasteiger partial charge in [-0.25, -0.2) is 0 Å². The van der Waals surface area contributed by atoms with Crippen LogP contribution in [0.2, 0.25) is 5.02 Å². The summed E-state index contributed by atoms with van der Waals surface area (Å²) in [5.74, 6) is -0.159. The van der Waals surface area contributed by atoms with E-state index in [0.29, 0.717) is 23.7 Å². The van der Waals surface area contributed by atoms with E-state index in [1.807, 2.05) is 24.3 Å². The minimum absolute atomic E-state index is 0.159. The molecular weight excluding hydrogens is 314 g/mol. The molecule has 122 valence electrons. The average molecular weight is 334 g/mol. The molecule has 1 saturated heterocycles. The van der Waals surface area contributed by atoms with Crippen LogP contribution >= 0.6 is 11.6 Å². The second-order valence-corrected chi connectivity index (χ2v) is 6.22. The van der Waals surface area contributed by atoms with Crippen molar-refractivity contribution >= 4 is 11.6 Å². The predicted molar refractivity (Wildman–Crippen MR) is 91.1 cm³/mol. The van der Waals surface area contributed by atoms with Crippen LogP contribution in [0, 0.1) is 0 Å². The summed E-state index contributed by atoms with van der Waals surface area (Å²) in [4.78, 5) is 14.6. The standard InChI is InChI=1S/C17H20ClN3O2/c18-15-3-1-2-13(10-15)11-21-7-4-14(16(22)17(21)23)12-20-8-5-19-6-9-20/h1-4,7,10,19,22H,5-6,8-9,11-12H2. The summed E-state index contributed by atoms with van der Waals surface area (Å²) in [6.45, 7) is 4.71. The van der Waals surface area contributed by atoms with Gasteiger partial charge in [0.1, 0.15) is 0 Å². The maximum Gasteiger partial charge on any atom is 0.293 e. The quantitative estimate of drug-likeness (QED) is 0.893. The minimum atomic E-state index is -0.363. The molecule has 0 saturated carbocycles. The summed E-state index contributed by atoms with van der Waals surface area (Å²) < 4.78 is 1.50. The number of aromatic nitrogens is 1. The van der Waals surface area contributed by atoms with Crippen LogP contribution < -0.4 is 10.9 Å². The Morgan fingerprint density at radius 1 is 1.17 bits per heavy atom. The van der Waals surface area contributed by atoms with E-state index < -0.39 is 0 Å². The van der Waals surface area contributed by atoms with Crippen molar-refractivity contribution in [3.05, 3.63) is 63.0 Å². The van der Waals surface area contributed by atoms with Crippen LogP contribution in [-0.4, -0.2) is 40.8 Å². The largest absolute Gasteiger partial charge is 0.503 e. The number of benzene rings is 1. The summed E-state index contributed by atoms with van der Waals surface area (Å²) in [7, 11) is 0. The summed E-state index contributed by atoms with van der Waals surface area (Å²) in [6.07, 6.45) is 1.74. The highest BCUT2D eigenvalue weighted by Crippen LogP contribution is 2.16. The molecular formula is C17H20ClN3O2. The maximum atomic E-state index is 12.4. The third-order valence-electron chi connectivity index (χ3n) is 4.07. The monoisotopic (exact) mass is 333 g/mol. The first-order valence-corrected chi connectivity index (χ1v) is 8.10. The van der Waals surface area contributed by atoms with E-state index in [9.17, 15) is 9.90 Å². The number of hydrogen-bond donors (Lipinski definition) is 2. The number of nitrogens with one attached hydrogen (secondary N) is 1. The Kier molecular flexibility index (Phi) is 5.00. The van der Waals surface area contributed by atoms with Crippen molar-refractivity contribution in [3.8, 4) is 5.75 Å². The lowest BCUT2D eigenvalue weighted by atomic mass is 10.2. The summed E-state index contributed by atoms with van der Waals surface area (Å²) in [5, 5.41) is 14.2. The molecule has 0 atom stereocenters. The molecule has 1 aromatic heterocycles. The molecule has 2 heterocycles. The molecule has 0 amide bonds. The molecule has 1 aliphatic rings. The van der Waals surface area contributed by atoms with Crippen molar-refractivity contribution in [2.24, 2.45) is 0 Å². The van der Waals surface area contributed by atoms with Crippen molar-refractivity contribution in [1.29, 1.82) is 0 Å². The third-order valence-corrected chi connectivity index (χ3v) is 4.30. The highest BCUT2D eigenvalue weighted by molar-refractivity contribution is 6.30. The molecule has 0 radical (unpaired) electrons. The van der Waals surface area contributed by atoms with Gasteiger partial charge in [0, 0.05) is 49.5 Å². The van der Waals surface area contributed by atoms with Crippen LogP contribution in [-0.2, 0) is 13.1 Å². The van der Waals surface area contributed by atoms with Gasteiger partial charge in [-0.1, -0.05) is 23.7 Å². The lowest BCUT2D eigenvalue weighted by Gasteiger charge is -2.27. The Morgan fingerprint density at radius 3 is 2.70 bits per heavy atom. The van der Waals surface area contributed by atoms with Gasteiger partial charge in [0.15, 0.2) is 5.75 Å². The van der Waals surface area contributed by atoms with Crippen LogP contribution in [0.3, 0.4) is 0 Å². The first-order valence-electron chi connectivity index (χ1n) is 7.72. The molecule has 0 spiro atoms. The zero-order valence-electron chi connectivity index (χ0n) is 12.8. The van der Waals surface area contributed by atoms with Crippen LogP contribution in [0.15, 0.2) is 41.3 Å². The lowest BCUT2D eigenvalue weighted by Crippen LogP contribution is -2.43. The van der Waals surface area contributed by atoms with Crippen molar-refractivity contribution in [2.45, 2.75) is 13.1 Å². The van der Waals surface area contributed by atoms with Gasteiger partial charge in [0.05, 0.1) is 6.54 Å². The van der Waals surface area contributed by atoms with Crippen molar-refractivity contribution in [1.82, 2.24) is 14.8 Å². The van der Waals surface area contributed by atoms with Gasteiger partial charge in [-0.2, -0.15) is 0 Å². The molecule has 3 rings (SSSR count). The number of aromatic hydroxyl groups is 1.